The van der Waals surface area contributed by atoms with Crippen molar-refractivity contribution in [2.75, 3.05) is 20.6 Å². The number of carbonyl (C=O) groups is 1. The van der Waals surface area contributed by atoms with E-state index in [-0.39, 0.29) is 6.04 Å². The van der Waals surface area contributed by atoms with E-state index in [1.807, 2.05) is 27.9 Å². The summed E-state index contributed by atoms with van der Waals surface area (Å²) >= 11 is 0. The Balaban J connectivity index is 3.09. The fraction of sp³-hybridized carbons (Fsp3) is 0.583. The van der Waals surface area contributed by atoms with Gasteiger partial charge in [-0.1, -0.05) is 0 Å². The zero-order valence-corrected chi connectivity index (χ0v) is 10.6. The van der Waals surface area contributed by atoms with Crippen molar-refractivity contribution in [3.8, 4) is 0 Å². The zero-order chi connectivity index (χ0) is 12.5. The number of hydrogen-bond donors (Lipinski definition) is 1. The topological polar surface area (TPSA) is 45.5 Å². The second-order valence-corrected chi connectivity index (χ2v) is 4.57. The normalized spacial score (nSPS) is 13.1. The Hall–Kier alpha value is -1.29. The molecule has 0 aliphatic heterocycles. The molecule has 0 fully saturated rings. The Bertz CT molecular complexity index is 394. The van der Waals surface area contributed by atoms with Crippen LogP contribution in [0.4, 0.5) is 0 Å². The van der Waals surface area contributed by atoms with Crippen LogP contribution in [0.1, 0.15) is 34.7 Å². The van der Waals surface area contributed by atoms with Gasteiger partial charge in [0.2, 0.25) is 0 Å². The average Bonchev–Trinajstić information content (AvgIpc) is 2.40. The third kappa shape index (κ3) is 2.44. The first kappa shape index (κ1) is 12.8. The standard InChI is InChI=1S/C12H20N2O2/c1-8-6-11(12(15)16)10(3)14(8)9(2)7-13(4)5/h6,9H,7H2,1-5H3,(H,15,16). The number of aromatic nitrogens is 1. The molecule has 1 atom stereocenters. The van der Waals surface area contributed by atoms with Crippen molar-refractivity contribution < 1.29 is 9.90 Å². The van der Waals surface area contributed by atoms with E-state index in [4.69, 9.17) is 5.11 Å². The van der Waals surface area contributed by atoms with E-state index in [2.05, 4.69) is 16.4 Å². The SMILES string of the molecule is Cc1cc(C(=O)O)c(C)n1C(C)CN(C)C. The Labute approximate surface area is 96.5 Å². The number of likely N-dealkylation sites (N-methyl/N-ethyl adjacent to an activating group) is 1. The zero-order valence-electron chi connectivity index (χ0n) is 10.6. The molecular weight excluding hydrogens is 204 g/mol. The monoisotopic (exact) mass is 224 g/mol. The van der Waals surface area contributed by atoms with Gasteiger partial charge in [-0.3, -0.25) is 0 Å². The quantitative estimate of drug-likeness (QED) is 0.850. The van der Waals surface area contributed by atoms with Gasteiger partial charge in [0, 0.05) is 24.0 Å². The highest BCUT2D eigenvalue weighted by Gasteiger charge is 2.18. The minimum atomic E-state index is -0.851. The van der Waals surface area contributed by atoms with Crippen LogP contribution in [-0.2, 0) is 0 Å². The molecule has 16 heavy (non-hydrogen) atoms. The van der Waals surface area contributed by atoms with Crippen LogP contribution in [0.25, 0.3) is 0 Å². The fourth-order valence-corrected chi connectivity index (χ4v) is 2.28. The molecule has 1 heterocycles. The van der Waals surface area contributed by atoms with Gasteiger partial charge in [-0.2, -0.15) is 0 Å². The predicted molar refractivity (Wildman–Crippen MR) is 64.1 cm³/mol. The largest absolute Gasteiger partial charge is 0.478 e. The maximum absolute atomic E-state index is 11.0. The van der Waals surface area contributed by atoms with Gasteiger partial charge in [0.25, 0.3) is 0 Å². The Morgan fingerprint density at radius 1 is 1.50 bits per heavy atom. The van der Waals surface area contributed by atoms with E-state index in [1.54, 1.807) is 6.07 Å². The molecule has 0 bridgehead atoms. The minimum Gasteiger partial charge on any atom is -0.478 e. The summed E-state index contributed by atoms with van der Waals surface area (Å²) in [6.45, 7) is 6.81. The van der Waals surface area contributed by atoms with Gasteiger partial charge in [-0.05, 0) is 40.9 Å². The second kappa shape index (κ2) is 4.70. The van der Waals surface area contributed by atoms with Crippen LogP contribution >= 0.6 is 0 Å². The van der Waals surface area contributed by atoms with E-state index in [0.29, 0.717) is 5.56 Å². The summed E-state index contributed by atoms with van der Waals surface area (Å²) in [5, 5.41) is 9.04. The molecule has 0 aromatic carbocycles. The number of aromatic carboxylic acids is 1. The number of aryl methyl sites for hydroxylation is 1. The summed E-state index contributed by atoms with van der Waals surface area (Å²) in [4.78, 5) is 13.1. The highest BCUT2D eigenvalue weighted by Crippen LogP contribution is 2.20. The molecule has 90 valence electrons. The molecule has 1 aromatic rings. The fourth-order valence-electron chi connectivity index (χ4n) is 2.28. The number of carboxylic acids is 1. The van der Waals surface area contributed by atoms with Crippen LogP contribution in [0.2, 0.25) is 0 Å². The summed E-state index contributed by atoms with van der Waals surface area (Å²) in [6, 6.07) is 2.02. The molecule has 4 heteroatoms. The maximum atomic E-state index is 11.0. The molecule has 0 aliphatic rings. The summed E-state index contributed by atoms with van der Waals surface area (Å²) < 4.78 is 2.09. The van der Waals surface area contributed by atoms with Gasteiger partial charge in [0.1, 0.15) is 0 Å². The second-order valence-electron chi connectivity index (χ2n) is 4.57. The molecule has 0 saturated heterocycles. The van der Waals surface area contributed by atoms with E-state index >= 15 is 0 Å². The Morgan fingerprint density at radius 2 is 2.06 bits per heavy atom. The number of hydrogen-bond acceptors (Lipinski definition) is 2. The molecule has 1 rings (SSSR count). The molecule has 0 amide bonds. The Kier molecular flexibility index (Phi) is 3.75. The lowest BCUT2D eigenvalue weighted by Gasteiger charge is -2.22. The molecule has 0 spiro atoms. The number of rotatable bonds is 4. The predicted octanol–water partition coefficient (Wildman–Crippen LogP) is 1.93. The molecule has 4 nitrogen and oxygen atoms in total. The third-order valence-electron chi connectivity index (χ3n) is 2.78. The lowest BCUT2D eigenvalue weighted by atomic mass is 10.2. The van der Waals surface area contributed by atoms with Crippen molar-refractivity contribution in [1.82, 2.24) is 9.47 Å². The van der Waals surface area contributed by atoms with Gasteiger partial charge in [-0.25, -0.2) is 4.79 Å². The summed E-state index contributed by atoms with van der Waals surface area (Å²) in [6.07, 6.45) is 0. The molecular formula is C12H20N2O2. The lowest BCUT2D eigenvalue weighted by molar-refractivity contribution is 0.0696. The first-order chi connectivity index (χ1) is 7.34. The van der Waals surface area contributed by atoms with E-state index in [9.17, 15) is 4.79 Å². The lowest BCUT2D eigenvalue weighted by Crippen LogP contribution is -2.23. The molecule has 1 N–H and O–H groups in total. The van der Waals surface area contributed by atoms with Crippen LogP contribution in [0, 0.1) is 13.8 Å². The van der Waals surface area contributed by atoms with Crippen LogP contribution in [0.15, 0.2) is 6.07 Å². The van der Waals surface area contributed by atoms with Gasteiger partial charge in [0.05, 0.1) is 5.56 Å². The number of carboxylic acid groups (broad SMARTS) is 1. The van der Waals surface area contributed by atoms with Crippen molar-refractivity contribution in [1.29, 1.82) is 0 Å². The van der Waals surface area contributed by atoms with Gasteiger partial charge in [0.15, 0.2) is 0 Å². The smallest absolute Gasteiger partial charge is 0.337 e. The third-order valence-corrected chi connectivity index (χ3v) is 2.78. The molecule has 0 saturated carbocycles. The van der Waals surface area contributed by atoms with Crippen molar-refractivity contribution in [2.45, 2.75) is 26.8 Å². The van der Waals surface area contributed by atoms with Gasteiger partial charge in [-0.15, -0.1) is 0 Å². The van der Waals surface area contributed by atoms with Crippen LogP contribution in [-0.4, -0.2) is 41.2 Å². The van der Waals surface area contributed by atoms with E-state index in [0.717, 1.165) is 17.9 Å². The first-order valence-corrected chi connectivity index (χ1v) is 5.41. The van der Waals surface area contributed by atoms with E-state index < -0.39 is 5.97 Å². The first-order valence-electron chi connectivity index (χ1n) is 5.41. The van der Waals surface area contributed by atoms with Crippen molar-refractivity contribution >= 4 is 5.97 Å². The van der Waals surface area contributed by atoms with Gasteiger partial charge < -0.3 is 14.6 Å². The minimum absolute atomic E-state index is 0.281. The van der Waals surface area contributed by atoms with Crippen molar-refractivity contribution in [2.24, 2.45) is 0 Å². The van der Waals surface area contributed by atoms with E-state index in [1.165, 1.54) is 0 Å². The summed E-state index contributed by atoms with van der Waals surface area (Å²) in [7, 11) is 4.03. The highest BCUT2D eigenvalue weighted by molar-refractivity contribution is 5.89. The van der Waals surface area contributed by atoms with Crippen LogP contribution in [0.5, 0.6) is 0 Å². The molecule has 1 aromatic heterocycles. The van der Waals surface area contributed by atoms with Crippen LogP contribution < -0.4 is 0 Å². The number of nitrogens with zero attached hydrogens (tertiary/aromatic N) is 2. The average molecular weight is 224 g/mol. The summed E-state index contributed by atoms with van der Waals surface area (Å²) in [5.41, 5.74) is 2.24. The van der Waals surface area contributed by atoms with Crippen molar-refractivity contribution in [3.63, 3.8) is 0 Å². The van der Waals surface area contributed by atoms with Gasteiger partial charge >= 0.3 is 5.97 Å². The van der Waals surface area contributed by atoms with Crippen LogP contribution in [0.3, 0.4) is 0 Å². The maximum Gasteiger partial charge on any atom is 0.337 e. The highest BCUT2D eigenvalue weighted by atomic mass is 16.4. The molecule has 1 unspecified atom stereocenters. The van der Waals surface area contributed by atoms with Crippen molar-refractivity contribution in [3.05, 3.63) is 23.0 Å². The molecule has 0 aliphatic carbocycles. The Morgan fingerprint density at radius 3 is 2.44 bits per heavy atom. The summed E-state index contributed by atoms with van der Waals surface area (Å²) in [5.74, 6) is -0.851. The molecule has 0 radical (unpaired) electrons.